The van der Waals surface area contributed by atoms with Gasteiger partial charge in [-0.05, 0) is 17.7 Å². The quantitative estimate of drug-likeness (QED) is 0.816. The van der Waals surface area contributed by atoms with E-state index in [0.29, 0.717) is 18.8 Å². The predicted molar refractivity (Wildman–Crippen MR) is 104 cm³/mol. The summed E-state index contributed by atoms with van der Waals surface area (Å²) < 4.78 is 27.1. The molecule has 2 aromatic rings. The Morgan fingerprint density at radius 2 is 2.11 bits per heavy atom. The number of carbonyl (C=O) groups excluding carboxylic acids is 1. The molecule has 1 atom stereocenters. The second kappa shape index (κ2) is 6.88. The van der Waals surface area contributed by atoms with Gasteiger partial charge >= 0.3 is 6.03 Å². The van der Waals surface area contributed by atoms with Crippen molar-refractivity contribution in [2.75, 3.05) is 17.5 Å². The van der Waals surface area contributed by atoms with Gasteiger partial charge in [0.1, 0.15) is 5.82 Å². The molecule has 1 fully saturated rings. The van der Waals surface area contributed by atoms with Crippen LogP contribution in [0.2, 0.25) is 0 Å². The van der Waals surface area contributed by atoms with Gasteiger partial charge in [-0.1, -0.05) is 26.0 Å². The maximum atomic E-state index is 12.7. The van der Waals surface area contributed by atoms with Gasteiger partial charge < -0.3 is 14.8 Å². The zero-order valence-corrected chi connectivity index (χ0v) is 16.7. The average molecular weight is 391 g/mol. The molecule has 1 aromatic carbocycles. The molecular weight excluding hydrogens is 366 g/mol. The smallest absolute Gasteiger partial charge is 0.318 e. The summed E-state index contributed by atoms with van der Waals surface area (Å²) in [6, 6.07) is 6.71. The Kier molecular flexibility index (Phi) is 4.90. The summed E-state index contributed by atoms with van der Waals surface area (Å²) in [4.78, 5) is 18.9. The van der Waals surface area contributed by atoms with E-state index in [4.69, 9.17) is 0 Å². The Morgan fingerprint density at radius 1 is 1.37 bits per heavy atom. The number of nitrogens with one attached hydrogen (secondary N) is 2. The maximum absolute atomic E-state index is 12.7. The number of sulfonamides is 1. The largest absolute Gasteiger partial charge is 0.336 e. The van der Waals surface area contributed by atoms with E-state index in [1.165, 1.54) is 0 Å². The van der Waals surface area contributed by atoms with Crippen LogP contribution in [0.5, 0.6) is 0 Å². The number of imidazole rings is 1. The first-order valence-corrected chi connectivity index (χ1v) is 10.5. The molecule has 9 heteroatoms. The Balaban J connectivity index is 1.66. The van der Waals surface area contributed by atoms with Gasteiger partial charge in [0.25, 0.3) is 0 Å². The number of likely N-dealkylation sites (tertiary alicyclic amines) is 1. The first-order valence-electron chi connectivity index (χ1n) is 8.65. The van der Waals surface area contributed by atoms with Crippen molar-refractivity contribution < 1.29 is 13.2 Å². The zero-order valence-electron chi connectivity index (χ0n) is 15.9. The van der Waals surface area contributed by atoms with Crippen molar-refractivity contribution in [3.63, 3.8) is 0 Å². The average Bonchev–Trinajstić information content (AvgIpc) is 2.95. The second-order valence-corrected chi connectivity index (χ2v) is 9.40. The van der Waals surface area contributed by atoms with E-state index < -0.39 is 10.0 Å². The molecule has 2 heterocycles. The van der Waals surface area contributed by atoms with Crippen molar-refractivity contribution in [3.8, 4) is 0 Å². The summed E-state index contributed by atoms with van der Waals surface area (Å²) >= 11 is 0. The van der Waals surface area contributed by atoms with E-state index in [0.717, 1.165) is 17.6 Å². The summed E-state index contributed by atoms with van der Waals surface area (Å²) in [6.07, 6.45) is 4.71. The lowest BCUT2D eigenvalue weighted by atomic mass is 9.74. The van der Waals surface area contributed by atoms with Crippen LogP contribution in [-0.4, -0.2) is 41.7 Å². The van der Waals surface area contributed by atoms with Crippen molar-refractivity contribution in [2.24, 2.45) is 12.5 Å². The minimum absolute atomic E-state index is 0.0459. The monoisotopic (exact) mass is 391 g/mol. The molecule has 2 amide bonds. The highest BCUT2D eigenvalue weighted by molar-refractivity contribution is 7.92. The maximum Gasteiger partial charge on any atom is 0.318 e. The Labute approximate surface area is 159 Å². The molecule has 0 spiro atoms. The van der Waals surface area contributed by atoms with Crippen LogP contribution in [0.15, 0.2) is 36.7 Å². The summed E-state index contributed by atoms with van der Waals surface area (Å²) in [5.74, 6) is 0.862. The number of anilines is 1. The first-order chi connectivity index (χ1) is 12.6. The van der Waals surface area contributed by atoms with Crippen molar-refractivity contribution in [2.45, 2.75) is 26.4 Å². The number of nitrogens with zero attached hydrogens (tertiary/aromatic N) is 3. The van der Waals surface area contributed by atoms with Crippen molar-refractivity contribution in [1.82, 2.24) is 19.8 Å². The molecule has 8 nitrogen and oxygen atoms in total. The van der Waals surface area contributed by atoms with Crippen LogP contribution in [0.4, 0.5) is 10.5 Å². The standard InChI is InChI=1S/C18H25N5O3S/c1-18(2)12-23(15(18)16-19-8-9-22(16)3)17(24)20-11-13-6-5-7-14(10-13)21-27(4,25)26/h5-10,15,21H,11-12H2,1-4H3,(H,20,24). The molecule has 3 rings (SSSR count). The fourth-order valence-electron chi connectivity index (χ4n) is 3.48. The van der Waals surface area contributed by atoms with E-state index in [1.807, 2.05) is 23.9 Å². The number of rotatable bonds is 5. The van der Waals surface area contributed by atoms with Crippen molar-refractivity contribution in [1.29, 1.82) is 0 Å². The Morgan fingerprint density at radius 3 is 2.70 bits per heavy atom. The van der Waals surface area contributed by atoms with Gasteiger partial charge in [0.15, 0.2) is 0 Å². The van der Waals surface area contributed by atoms with Crippen LogP contribution in [0.3, 0.4) is 0 Å². The molecule has 0 bridgehead atoms. The molecule has 1 aliphatic heterocycles. The molecule has 27 heavy (non-hydrogen) atoms. The highest BCUT2D eigenvalue weighted by Crippen LogP contribution is 2.47. The number of hydrogen-bond donors (Lipinski definition) is 2. The number of benzene rings is 1. The molecule has 1 saturated heterocycles. The van der Waals surface area contributed by atoms with E-state index in [9.17, 15) is 13.2 Å². The zero-order chi connectivity index (χ0) is 19.8. The normalized spacial score (nSPS) is 18.7. The lowest BCUT2D eigenvalue weighted by molar-refractivity contribution is -0.0230. The summed E-state index contributed by atoms with van der Waals surface area (Å²) in [5.41, 5.74) is 1.24. The number of hydrogen-bond acceptors (Lipinski definition) is 4. The van der Waals surface area contributed by atoms with Gasteiger partial charge in [-0.3, -0.25) is 4.72 Å². The van der Waals surface area contributed by atoms with E-state index in [1.54, 1.807) is 29.3 Å². The van der Waals surface area contributed by atoms with Crippen LogP contribution < -0.4 is 10.0 Å². The second-order valence-electron chi connectivity index (χ2n) is 7.65. The predicted octanol–water partition coefficient (Wildman–Crippen LogP) is 2.08. The van der Waals surface area contributed by atoms with Crippen LogP contribution in [-0.2, 0) is 23.6 Å². The van der Waals surface area contributed by atoms with Gasteiger partial charge in [0, 0.05) is 43.6 Å². The van der Waals surface area contributed by atoms with E-state index in [2.05, 4.69) is 28.9 Å². The van der Waals surface area contributed by atoms with E-state index in [-0.39, 0.29) is 17.5 Å². The number of amides is 2. The number of carbonyl (C=O) groups is 1. The first kappa shape index (κ1) is 19.2. The minimum Gasteiger partial charge on any atom is -0.336 e. The fraction of sp³-hybridized carbons (Fsp3) is 0.444. The molecule has 146 valence electrons. The molecule has 1 aliphatic rings. The Hall–Kier alpha value is -2.55. The third kappa shape index (κ3) is 4.24. The number of urea groups is 1. The van der Waals surface area contributed by atoms with Gasteiger partial charge in [-0.2, -0.15) is 0 Å². The lowest BCUT2D eigenvalue weighted by Crippen LogP contribution is -2.60. The van der Waals surface area contributed by atoms with Gasteiger partial charge in [0.05, 0.1) is 12.3 Å². The third-order valence-corrected chi connectivity index (χ3v) is 5.27. The molecule has 0 radical (unpaired) electrons. The van der Waals surface area contributed by atoms with Gasteiger partial charge in [-0.15, -0.1) is 0 Å². The van der Waals surface area contributed by atoms with Crippen LogP contribution in [0.25, 0.3) is 0 Å². The third-order valence-electron chi connectivity index (χ3n) is 4.67. The Bertz CT molecular complexity index is 951. The summed E-state index contributed by atoms with van der Waals surface area (Å²) in [6.45, 7) is 5.20. The number of aromatic nitrogens is 2. The molecule has 1 aromatic heterocycles. The summed E-state index contributed by atoms with van der Waals surface area (Å²) in [5, 5.41) is 2.91. The molecule has 0 aliphatic carbocycles. The van der Waals surface area contributed by atoms with Gasteiger partial charge in [-0.25, -0.2) is 18.2 Å². The highest BCUT2D eigenvalue weighted by atomic mass is 32.2. The van der Waals surface area contributed by atoms with Gasteiger partial charge in [0.2, 0.25) is 10.0 Å². The SMILES string of the molecule is Cn1ccnc1C1N(C(=O)NCc2cccc(NS(C)(=O)=O)c2)CC1(C)C. The fourth-order valence-corrected chi connectivity index (χ4v) is 4.04. The van der Waals surface area contributed by atoms with Crippen LogP contribution >= 0.6 is 0 Å². The highest BCUT2D eigenvalue weighted by Gasteiger charge is 2.50. The van der Waals surface area contributed by atoms with E-state index >= 15 is 0 Å². The number of aryl methyl sites for hydroxylation is 1. The molecule has 1 unspecified atom stereocenters. The molecule has 0 saturated carbocycles. The van der Waals surface area contributed by atoms with Crippen molar-refractivity contribution in [3.05, 3.63) is 48.0 Å². The lowest BCUT2D eigenvalue weighted by Gasteiger charge is -2.53. The topological polar surface area (TPSA) is 96.3 Å². The van der Waals surface area contributed by atoms with Crippen LogP contribution in [0.1, 0.15) is 31.3 Å². The van der Waals surface area contributed by atoms with Crippen LogP contribution in [0, 0.1) is 5.41 Å². The minimum atomic E-state index is -3.34. The molecule has 2 N–H and O–H groups in total. The van der Waals surface area contributed by atoms with Crippen molar-refractivity contribution >= 4 is 21.7 Å². The molecular formula is C18H25N5O3S. The summed E-state index contributed by atoms with van der Waals surface area (Å²) in [7, 11) is -1.41.